The molecule has 0 aliphatic heterocycles. The Morgan fingerprint density at radius 2 is 1.95 bits per heavy atom. The van der Waals surface area contributed by atoms with Gasteiger partial charge < -0.3 is 4.90 Å². The molecule has 0 N–H and O–H groups in total. The van der Waals surface area contributed by atoms with Crippen molar-refractivity contribution in [3.63, 3.8) is 0 Å². The fourth-order valence-corrected chi connectivity index (χ4v) is 2.93. The van der Waals surface area contributed by atoms with Crippen LogP contribution in [-0.4, -0.2) is 17.9 Å². The summed E-state index contributed by atoms with van der Waals surface area (Å²) in [5.41, 5.74) is 2.08. The first-order valence-electron chi connectivity index (χ1n) is 6.88. The Bertz CT molecular complexity index is 699. The average molecular weight is 287 g/mol. The van der Waals surface area contributed by atoms with Gasteiger partial charge in [0.05, 0.1) is 11.6 Å². The normalized spacial score (nSPS) is 16.6. The topological polar surface area (TPSA) is 20.3 Å². The van der Waals surface area contributed by atoms with Crippen LogP contribution in [-0.2, 0) is 6.42 Å². The molecule has 108 valence electrons. The summed E-state index contributed by atoms with van der Waals surface area (Å²) in [5, 5.41) is 0. The Labute approximate surface area is 122 Å². The highest BCUT2D eigenvalue weighted by molar-refractivity contribution is 5.94. The first-order valence-corrected chi connectivity index (χ1v) is 6.88. The van der Waals surface area contributed by atoms with Gasteiger partial charge >= 0.3 is 0 Å². The van der Waals surface area contributed by atoms with Crippen molar-refractivity contribution in [3.8, 4) is 0 Å². The van der Waals surface area contributed by atoms with Gasteiger partial charge in [-0.2, -0.15) is 0 Å². The molecule has 0 saturated carbocycles. The van der Waals surface area contributed by atoms with E-state index in [2.05, 4.69) is 0 Å². The zero-order chi connectivity index (χ0) is 15.0. The number of amides is 1. The number of aryl methyl sites for hydroxylation is 1. The number of fused-ring (bicyclic) bond motifs is 1. The van der Waals surface area contributed by atoms with Gasteiger partial charge in [-0.3, -0.25) is 4.79 Å². The van der Waals surface area contributed by atoms with Gasteiger partial charge in [-0.05, 0) is 42.2 Å². The second-order valence-corrected chi connectivity index (χ2v) is 5.29. The standard InChI is InChI=1S/C17H15F2NO/c1-20(16-9-6-11-4-2-3-5-13(11)16)17(21)14-10-12(18)7-8-15(14)19/h2-5,7-8,10,16H,6,9H2,1H3. The maximum Gasteiger partial charge on any atom is 0.257 e. The van der Waals surface area contributed by atoms with E-state index in [-0.39, 0.29) is 11.6 Å². The lowest BCUT2D eigenvalue weighted by Gasteiger charge is -2.25. The van der Waals surface area contributed by atoms with Crippen LogP contribution in [0.4, 0.5) is 8.78 Å². The van der Waals surface area contributed by atoms with Gasteiger partial charge in [0, 0.05) is 7.05 Å². The molecule has 1 unspecified atom stereocenters. The van der Waals surface area contributed by atoms with Crippen LogP contribution in [0.1, 0.15) is 33.9 Å². The number of nitrogens with zero attached hydrogens (tertiary/aromatic N) is 1. The molecule has 1 aliphatic carbocycles. The molecule has 2 aromatic rings. The lowest BCUT2D eigenvalue weighted by atomic mass is 10.1. The summed E-state index contributed by atoms with van der Waals surface area (Å²) >= 11 is 0. The Kier molecular flexibility index (Phi) is 3.45. The number of carbonyl (C=O) groups is 1. The zero-order valence-electron chi connectivity index (χ0n) is 11.6. The number of rotatable bonds is 2. The van der Waals surface area contributed by atoms with Crippen LogP contribution in [0.3, 0.4) is 0 Å². The van der Waals surface area contributed by atoms with Crippen LogP contribution in [0.25, 0.3) is 0 Å². The third-order valence-corrected chi connectivity index (χ3v) is 4.05. The largest absolute Gasteiger partial charge is 0.335 e. The summed E-state index contributed by atoms with van der Waals surface area (Å²) < 4.78 is 27.0. The Balaban J connectivity index is 1.91. The van der Waals surface area contributed by atoms with E-state index in [1.807, 2.05) is 24.3 Å². The van der Waals surface area contributed by atoms with Crippen molar-refractivity contribution >= 4 is 5.91 Å². The van der Waals surface area contributed by atoms with Crippen LogP contribution in [0.2, 0.25) is 0 Å². The first kappa shape index (κ1) is 13.7. The zero-order valence-corrected chi connectivity index (χ0v) is 11.6. The number of hydrogen-bond donors (Lipinski definition) is 0. The molecule has 2 nitrogen and oxygen atoms in total. The summed E-state index contributed by atoms with van der Waals surface area (Å²) in [5.74, 6) is -1.80. The maximum absolute atomic E-state index is 13.7. The number of benzene rings is 2. The smallest absolute Gasteiger partial charge is 0.257 e. The van der Waals surface area contributed by atoms with Gasteiger partial charge in [-0.25, -0.2) is 8.78 Å². The van der Waals surface area contributed by atoms with E-state index < -0.39 is 17.5 Å². The van der Waals surface area contributed by atoms with E-state index in [4.69, 9.17) is 0 Å². The highest BCUT2D eigenvalue weighted by Crippen LogP contribution is 2.35. The molecular weight excluding hydrogens is 272 g/mol. The molecule has 0 fully saturated rings. The second-order valence-electron chi connectivity index (χ2n) is 5.29. The van der Waals surface area contributed by atoms with Crippen LogP contribution in [0, 0.1) is 11.6 Å². The lowest BCUT2D eigenvalue weighted by Crippen LogP contribution is -2.30. The minimum Gasteiger partial charge on any atom is -0.335 e. The van der Waals surface area contributed by atoms with Crippen molar-refractivity contribution in [2.45, 2.75) is 18.9 Å². The molecule has 0 aromatic heterocycles. The van der Waals surface area contributed by atoms with Crippen molar-refractivity contribution in [2.24, 2.45) is 0 Å². The quantitative estimate of drug-likeness (QED) is 0.824. The highest BCUT2D eigenvalue weighted by atomic mass is 19.1. The number of carbonyl (C=O) groups excluding carboxylic acids is 1. The van der Waals surface area contributed by atoms with Crippen LogP contribution >= 0.6 is 0 Å². The van der Waals surface area contributed by atoms with Gasteiger partial charge in [0.25, 0.3) is 5.91 Å². The third kappa shape index (κ3) is 2.42. The van der Waals surface area contributed by atoms with E-state index in [0.717, 1.165) is 36.6 Å². The molecule has 0 spiro atoms. The number of hydrogen-bond acceptors (Lipinski definition) is 1. The van der Waals surface area contributed by atoms with E-state index in [1.54, 1.807) is 7.05 Å². The molecule has 1 amide bonds. The van der Waals surface area contributed by atoms with Crippen LogP contribution in [0.15, 0.2) is 42.5 Å². The molecule has 0 saturated heterocycles. The van der Waals surface area contributed by atoms with Crippen molar-refractivity contribution in [2.75, 3.05) is 7.05 Å². The molecule has 4 heteroatoms. The van der Waals surface area contributed by atoms with E-state index >= 15 is 0 Å². The molecule has 21 heavy (non-hydrogen) atoms. The third-order valence-electron chi connectivity index (χ3n) is 4.05. The predicted octanol–water partition coefficient (Wildman–Crippen LogP) is 3.72. The fourth-order valence-electron chi connectivity index (χ4n) is 2.93. The minimum atomic E-state index is -0.695. The monoisotopic (exact) mass is 287 g/mol. The van der Waals surface area contributed by atoms with Crippen LogP contribution in [0.5, 0.6) is 0 Å². The van der Waals surface area contributed by atoms with Gasteiger partial charge in [0.1, 0.15) is 11.6 Å². The summed E-state index contributed by atoms with van der Waals surface area (Å²) in [6, 6.07) is 10.8. The van der Waals surface area contributed by atoms with E-state index in [0.29, 0.717) is 0 Å². The van der Waals surface area contributed by atoms with Crippen molar-refractivity contribution < 1.29 is 13.6 Å². The van der Waals surface area contributed by atoms with E-state index in [9.17, 15) is 13.6 Å². The molecule has 2 aromatic carbocycles. The summed E-state index contributed by atoms with van der Waals surface area (Å²) in [4.78, 5) is 13.9. The Hall–Kier alpha value is -2.23. The summed E-state index contributed by atoms with van der Waals surface area (Å²) in [6.07, 6.45) is 1.70. The highest BCUT2D eigenvalue weighted by Gasteiger charge is 2.29. The van der Waals surface area contributed by atoms with Crippen LogP contribution < -0.4 is 0 Å². The average Bonchev–Trinajstić information content (AvgIpc) is 2.92. The molecule has 0 heterocycles. The Morgan fingerprint density at radius 3 is 2.76 bits per heavy atom. The predicted molar refractivity (Wildman–Crippen MR) is 76.0 cm³/mol. The van der Waals surface area contributed by atoms with Gasteiger partial charge in [0.2, 0.25) is 0 Å². The maximum atomic E-state index is 13.7. The first-order chi connectivity index (χ1) is 10.1. The molecule has 3 rings (SSSR count). The summed E-state index contributed by atoms with van der Waals surface area (Å²) in [6.45, 7) is 0. The van der Waals surface area contributed by atoms with Crippen molar-refractivity contribution in [3.05, 3.63) is 70.8 Å². The van der Waals surface area contributed by atoms with E-state index in [1.165, 1.54) is 10.5 Å². The van der Waals surface area contributed by atoms with Gasteiger partial charge in [-0.15, -0.1) is 0 Å². The molecular formula is C17H15F2NO. The molecule has 1 aliphatic rings. The fraction of sp³-hybridized carbons (Fsp3) is 0.235. The molecule has 1 atom stereocenters. The molecule has 0 radical (unpaired) electrons. The second kappa shape index (κ2) is 5.28. The summed E-state index contributed by atoms with van der Waals surface area (Å²) in [7, 11) is 1.64. The van der Waals surface area contributed by atoms with Crippen molar-refractivity contribution in [1.29, 1.82) is 0 Å². The number of halogens is 2. The lowest BCUT2D eigenvalue weighted by molar-refractivity contribution is 0.0725. The molecule has 0 bridgehead atoms. The van der Waals surface area contributed by atoms with Gasteiger partial charge in [0.15, 0.2) is 0 Å². The van der Waals surface area contributed by atoms with Gasteiger partial charge in [-0.1, -0.05) is 24.3 Å². The SMILES string of the molecule is CN(C(=O)c1cc(F)ccc1F)C1CCc2ccccc21. The van der Waals surface area contributed by atoms with Crippen molar-refractivity contribution in [1.82, 2.24) is 4.90 Å². The Morgan fingerprint density at radius 1 is 1.19 bits per heavy atom. The minimum absolute atomic E-state index is 0.0867.